The van der Waals surface area contributed by atoms with Crippen LogP contribution in [0.5, 0.6) is 0 Å². The van der Waals surface area contributed by atoms with Crippen molar-refractivity contribution in [2.45, 2.75) is 76.4 Å². The SMILES string of the molecule is Cc1cc([C@H]2CCCN(C=O)[C@@H]2C)n2nc(C3CCC(C(F)(F)F)CC3)cc2n1. The van der Waals surface area contributed by atoms with Crippen LogP contribution in [0.3, 0.4) is 0 Å². The standard InChI is InChI=1S/C21H27F3N4O/c1-13-10-19(17-4-3-9-27(12-29)14(17)2)28-20(25-13)11-18(26-28)15-5-7-16(8-6-15)21(22,23)24/h10-12,14-17H,3-9H2,1-2H3/t14-,15?,16?,17+/m1/s1. The van der Waals surface area contributed by atoms with Crippen LogP contribution in [0.15, 0.2) is 12.1 Å². The lowest BCUT2D eigenvalue weighted by molar-refractivity contribution is -0.182. The number of carbonyl (C=O) groups excluding carboxylic acids is 1. The fraction of sp³-hybridized carbons (Fsp3) is 0.667. The van der Waals surface area contributed by atoms with Gasteiger partial charge in [0.15, 0.2) is 5.65 Å². The van der Waals surface area contributed by atoms with Gasteiger partial charge >= 0.3 is 6.18 Å². The monoisotopic (exact) mass is 408 g/mol. The van der Waals surface area contributed by atoms with Crippen LogP contribution in [0.25, 0.3) is 5.65 Å². The minimum Gasteiger partial charge on any atom is -0.342 e. The Kier molecular flexibility index (Phi) is 5.29. The first-order chi connectivity index (χ1) is 13.8. The van der Waals surface area contributed by atoms with E-state index < -0.39 is 12.1 Å². The van der Waals surface area contributed by atoms with Crippen molar-refractivity contribution in [2.24, 2.45) is 5.92 Å². The molecule has 29 heavy (non-hydrogen) atoms. The quantitative estimate of drug-likeness (QED) is 0.698. The predicted molar refractivity (Wildman–Crippen MR) is 103 cm³/mol. The molecule has 2 aromatic rings. The Bertz CT molecular complexity index is 886. The van der Waals surface area contributed by atoms with Gasteiger partial charge in [0.05, 0.1) is 17.3 Å². The first-order valence-corrected chi connectivity index (χ1v) is 10.4. The molecule has 2 aromatic heterocycles. The summed E-state index contributed by atoms with van der Waals surface area (Å²) in [5.41, 5.74) is 3.49. The van der Waals surface area contributed by atoms with Crippen LogP contribution in [-0.4, -0.2) is 44.7 Å². The number of piperidine rings is 1. The first kappa shape index (κ1) is 20.2. The maximum Gasteiger partial charge on any atom is 0.391 e. The zero-order chi connectivity index (χ0) is 20.8. The van der Waals surface area contributed by atoms with Crippen LogP contribution >= 0.6 is 0 Å². The van der Waals surface area contributed by atoms with Crippen LogP contribution < -0.4 is 0 Å². The van der Waals surface area contributed by atoms with Crippen LogP contribution in [0.4, 0.5) is 13.2 Å². The zero-order valence-electron chi connectivity index (χ0n) is 16.8. The highest BCUT2D eigenvalue weighted by atomic mass is 19.4. The average Bonchev–Trinajstić information content (AvgIpc) is 3.11. The number of rotatable bonds is 3. The molecule has 1 aliphatic carbocycles. The number of carbonyl (C=O) groups is 1. The highest BCUT2D eigenvalue weighted by Crippen LogP contribution is 2.43. The average molecular weight is 408 g/mol. The van der Waals surface area contributed by atoms with Gasteiger partial charge in [-0.3, -0.25) is 4.79 Å². The normalized spacial score (nSPS) is 28.7. The number of nitrogens with zero attached hydrogens (tertiary/aromatic N) is 4. The summed E-state index contributed by atoms with van der Waals surface area (Å²) in [6.45, 7) is 4.76. The van der Waals surface area contributed by atoms with Gasteiger partial charge in [-0.1, -0.05) is 0 Å². The van der Waals surface area contributed by atoms with Crippen molar-refractivity contribution in [1.82, 2.24) is 19.5 Å². The molecule has 0 spiro atoms. The van der Waals surface area contributed by atoms with E-state index >= 15 is 0 Å². The molecule has 0 radical (unpaired) electrons. The third-order valence-corrected chi connectivity index (χ3v) is 6.76. The molecule has 1 amide bonds. The number of likely N-dealkylation sites (tertiary alicyclic amines) is 1. The molecule has 2 atom stereocenters. The molecule has 0 bridgehead atoms. The van der Waals surface area contributed by atoms with Crippen molar-refractivity contribution in [2.75, 3.05) is 6.54 Å². The van der Waals surface area contributed by atoms with Crippen molar-refractivity contribution < 1.29 is 18.0 Å². The topological polar surface area (TPSA) is 50.5 Å². The lowest BCUT2D eigenvalue weighted by atomic mass is 9.80. The van der Waals surface area contributed by atoms with Crippen molar-refractivity contribution in [3.8, 4) is 0 Å². The summed E-state index contributed by atoms with van der Waals surface area (Å²) in [5.74, 6) is -0.991. The van der Waals surface area contributed by atoms with Crippen molar-refractivity contribution in [3.63, 3.8) is 0 Å². The molecule has 4 rings (SSSR count). The van der Waals surface area contributed by atoms with E-state index in [1.165, 1.54) is 0 Å². The second-order valence-electron chi connectivity index (χ2n) is 8.58. The lowest BCUT2D eigenvalue weighted by Crippen LogP contribution is -2.41. The third kappa shape index (κ3) is 3.85. The number of hydrogen-bond donors (Lipinski definition) is 0. The summed E-state index contributed by atoms with van der Waals surface area (Å²) in [5, 5.41) is 4.79. The molecule has 5 nitrogen and oxygen atoms in total. The van der Waals surface area contributed by atoms with Crippen molar-refractivity contribution in [1.29, 1.82) is 0 Å². The Labute approximate surface area is 168 Å². The van der Waals surface area contributed by atoms with Gasteiger partial charge in [-0.2, -0.15) is 18.3 Å². The molecule has 1 saturated carbocycles. The van der Waals surface area contributed by atoms with Gasteiger partial charge < -0.3 is 4.90 Å². The van der Waals surface area contributed by atoms with Gasteiger partial charge in [-0.15, -0.1) is 0 Å². The van der Waals surface area contributed by atoms with E-state index in [9.17, 15) is 18.0 Å². The number of alkyl halides is 3. The molecule has 8 heteroatoms. The number of aromatic nitrogens is 3. The fourth-order valence-corrected chi connectivity index (χ4v) is 5.04. The predicted octanol–water partition coefficient (Wildman–Crippen LogP) is 4.60. The van der Waals surface area contributed by atoms with E-state index in [0.717, 1.165) is 48.5 Å². The zero-order valence-corrected chi connectivity index (χ0v) is 16.8. The molecule has 2 aliphatic rings. The Hall–Kier alpha value is -2.12. The molecular formula is C21H27F3N4O. The van der Waals surface area contributed by atoms with E-state index in [0.29, 0.717) is 12.8 Å². The van der Waals surface area contributed by atoms with Gasteiger partial charge in [0.25, 0.3) is 0 Å². The second-order valence-corrected chi connectivity index (χ2v) is 8.58. The van der Waals surface area contributed by atoms with Crippen LogP contribution in [0, 0.1) is 12.8 Å². The molecule has 3 heterocycles. The molecule has 2 fully saturated rings. The van der Waals surface area contributed by atoms with E-state index in [4.69, 9.17) is 5.10 Å². The smallest absolute Gasteiger partial charge is 0.342 e. The Morgan fingerprint density at radius 1 is 1.14 bits per heavy atom. The van der Waals surface area contributed by atoms with Gasteiger partial charge in [0.2, 0.25) is 6.41 Å². The summed E-state index contributed by atoms with van der Waals surface area (Å²) >= 11 is 0. The maximum absolute atomic E-state index is 13.0. The van der Waals surface area contributed by atoms with Crippen LogP contribution in [0.2, 0.25) is 0 Å². The third-order valence-electron chi connectivity index (χ3n) is 6.76. The van der Waals surface area contributed by atoms with E-state index in [2.05, 4.69) is 11.9 Å². The Balaban J connectivity index is 1.63. The van der Waals surface area contributed by atoms with Crippen molar-refractivity contribution >= 4 is 12.1 Å². The van der Waals surface area contributed by atoms with Gasteiger partial charge in [0, 0.05) is 36.2 Å². The van der Waals surface area contributed by atoms with Gasteiger partial charge in [0.1, 0.15) is 0 Å². The molecule has 158 valence electrons. The van der Waals surface area contributed by atoms with Crippen LogP contribution in [0.1, 0.15) is 74.4 Å². The Morgan fingerprint density at radius 3 is 2.52 bits per heavy atom. The van der Waals surface area contributed by atoms with E-state index in [1.54, 1.807) is 0 Å². The number of amides is 1. The van der Waals surface area contributed by atoms with E-state index in [1.807, 2.05) is 28.5 Å². The number of hydrogen-bond acceptors (Lipinski definition) is 3. The number of aryl methyl sites for hydroxylation is 1. The van der Waals surface area contributed by atoms with Crippen molar-refractivity contribution in [3.05, 3.63) is 29.2 Å². The highest BCUT2D eigenvalue weighted by Gasteiger charge is 2.42. The minimum atomic E-state index is -4.10. The summed E-state index contributed by atoms with van der Waals surface area (Å²) in [6.07, 6.45) is 0.0436. The van der Waals surface area contributed by atoms with Crippen LogP contribution in [-0.2, 0) is 4.79 Å². The fourth-order valence-electron chi connectivity index (χ4n) is 5.04. The van der Waals surface area contributed by atoms with Gasteiger partial charge in [-0.05, 0) is 58.4 Å². The molecular weight excluding hydrogens is 381 g/mol. The number of halogens is 3. The summed E-state index contributed by atoms with van der Waals surface area (Å²) in [4.78, 5) is 17.8. The van der Waals surface area contributed by atoms with E-state index in [-0.39, 0.29) is 30.7 Å². The van der Waals surface area contributed by atoms with Gasteiger partial charge in [-0.25, -0.2) is 9.50 Å². The first-order valence-electron chi connectivity index (χ1n) is 10.4. The maximum atomic E-state index is 13.0. The number of fused-ring (bicyclic) bond motifs is 1. The highest BCUT2D eigenvalue weighted by molar-refractivity contribution is 5.49. The summed E-state index contributed by atoms with van der Waals surface area (Å²) < 4.78 is 40.8. The summed E-state index contributed by atoms with van der Waals surface area (Å²) in [7, 11) is 0. The molecule has 0 N–H and O–H groups in total. The Morgan fingerprint density at radius 2 is 1.86 bits per heavy atom. The molecule has 1 saturated heterocycles. The minimum absolute atomic E-state index is 0.0405. The molecule has 0 unspecified atom stereocenters. The lowest BCUT2D eigenvalue weighted by Gasteiger charge is -2.37. The second kappa shape index (κ2) is 7.61. The summed E-state index contributed by atoms with van der Waals surface area (Å²) in [6, 6.07) is 4.03. The molecule has 0 aromatic carbocycles. The largest absolute Gasteiger partial charge is 0.391 e. The molecule has 1 aliphatic heterocycles.